The lowest BCUT2D eigenvalue weighted by atomic mass is 9.72. The lowest BCUT2D eigenvalue weighted by Crippen LogP contribution is -2.18. The van der Waals surface area contributed by atoms with E-state index >= 15 is 0 Å². The van der Waals surface area contributed by atoms with Gasteiger partial charge in [0.05, 0.1) is 0 Å². The van der Waals surface area contributed by atoms with Gasteiger partial charge in [-0.25, -0.2) is 0 Å². The maximum atomic E-state index is 2.47. The van der Waals surface area contributed by atoms with E-state index in [-0.39, 0.29) is 0 Å². The molecule has 0 amide bonds. The van der Waals surface area contributed by atoms with Crippen LogP contribution < -0.4 is 0 Å². The third-order valence-electron chi connectivity index (χ3n) is 9.48. The highest BCUT2D eigenvalue weighted by molar-refractivity contribution is 6.12. The van der Waals surface area contributed by atoms with Gasteiger partial charge < -0.3 is 0 Å². The van der Waals surface area contributed by atoms with E-state index in [1.165, 1.54) is 87.0 Å². The van der Waals surface area contributed by atoms with Gasteiger partial charge in [-0.15, -0.1) is 0 Å². The molecule has 39 heavy (non-hydrogen) atoms. The van der Waals surface area contributed by atoms with Crippen molar-refractivity contribution in [1.29, 1.82) is 0 Å². The van der Waals surface area contributed by atoms with Gasteiger partial charge in [0.25, 0.3) is 0 Å². The van der Waals surface area contributed by atoms with Crippen molar-refractivity contribution in [1.82, 2.24) is 0 Å². The van der Waals surface area contributed by atoms with E-state index in [0.29, 0.717) is 0 Å². The second kappa shape index (κ2) is 9.24. The van der Waals surface area contributed by atoms with Crippen molar-refractivity contribution >= 4 is 21.5 Å². The van der Waals surface area contributed by atoms with Gasteiger partial charge in [0.15, 0.2) is 0 Å². The molecule has 0 aromatic heterocycles. The Hall–Kier alpha value is -4.16. The van der Waals surface area contributed by atoms with Gasteiger partial charge >= 0.3 is 0 Å². The van der Waals surface area contributed by atoms with Gasteiger partial charge in [0, 0.05) is 0 Å². The molecule has 0 bridgehead atoms. The quantitative estimate of drug-likeness (QED) is 0.222. The molecular weight excluding hydrogens is 468 g/mol. The highest BCUT2D eigenvalue weighted by atomic mass is 14.4. The Bertz CT molecular complexity index is 1690. The van der Waals surface area contributed by atoms with Crippen LogP contribution in [0.15, 0.2) is 121 Å². The van der Waals surface area contributed by atoms with Crippen molar-refractivity contribution in [3.8, 4) is 33.4 Å². The first-order valence-electron chi connectivity index (χ1n) is 14.6. The standard InChI is InChI=1S/C39H32/c1-3-12-26(13-4-1)34-24-30-16-7-9-20-32(30)38-36(34)22-28-18-11-19-29(28)23-37-35(27-14-5-2-6-15-27)25-31-17-8-10-21-33(31)39(37)38/h1-10,12-17,20-21,24-25,28-29H,11,18-19,22-23H2. The first-order chi connectivity index (χ1) is 19.3. The van der Waals surface area contributed by atoms with Crippen LogP contribution in [0, 0.1) is 11.8 Å². The number of fused-ring (bicyclic) bond motifs is 8. The summed E-state index contributed by atoms with van der Waals surface area (Å²) in [5.41, 5.74) is 11.5. The Labute approximate surface area is 231 Å². The zero-order valence-corrected chi connectivity index (χ0v) is 22.2. The molecule has 2 atom stereocenters. The van der Waals surface area contributed by atoms with E-state index in [1.807, 2.05) is 0 Å². The smallest absolute Gasteiger partial charge is 0.00578 e. The topological polar surface area (TPSA) is 0 Å². The van der Waals surface area contributed by atoms with E-state index < -0.39 is 0 Å². The predicted octanol–water partition coefficient (Wildman–Crippen LogP) is 10.5. The minimum atomic E-state index is 0.732. The van der Waals surface area contributed by atoms with Crippen molar-refractivity contribution in [3.63, 3.8) is 0 Å². The molecule has 6 aromatic carbocycles. The third-order valence-corrected chi connectivity index (χ3v) is 9.48. The van der Waals surface area contributed by atoms with E-state index in [0.717, 1.165) is 11.8 Å². The number of hydrogen-bond acceptors (Lipinski definition) is 0. The summed E-state index contributed by atoms with van der Waals surface area (Å²) in [7, 11) is 0. The molecule has 0 spiro atoms. The highest BCUT2D eigenvalue weighted by Crippen LogP contribution is 2.51. The molecule has 6 aromatic rings. The molecule has 0 heterocycles. The van der Waals surface area contributed by atoms with Crippen LogP contribution in [0.1, 0.15) is 30.4 Å². The van der Waals surface area contributed by atoms with Gasteiger partial charge in [-0.1, -0.05) is 116 Å². The molecule has 0 N–H and O–H groups in total. The first-order valence-corrected chi connectivity index (χ1v) is 14.6. The molecule has 8 rings (SSSR count). The Morgan fingerprint density at radius 1 is 0.436 bits per heavy atom. The van der Waals surface area contributed by atoms with Gasteiger partial charge in [-0.3, -0.25) is 0 Å². The average molecular weight is 501 g/mol. The molecular formula is C39H32. The Balaban J connectivity index is 1.58. The number of rotatable bonds is 2. The van der Waals surface area contributed by atoms with Crippen molar-refractivity contribution in [2.24, 2.45) is 11.8 Å². The van der Waals surface area contributed by atoms with Crippen LogP contribution >= 0.6 is 0 Å². The summed E-state index contributed by atoms with van der Waals surface area (Å²) in [6.45, 7) is 0. The normalized spacial score (nSPS) is 18.3. The summed E-state index contributed by atoms with van der Waals surface area (Å²) < 4.78 is 0. The van der Waals surface area contributed by atoms with Crippen LogP contribution in [0.25, 0.3) is 54.9 Å². The van der Waals surface area contributed by atoms with E-state index in [4.69, 9.17) is 0 Å². The fraction of sp³-hybridized carbons (Fsp3) is 0.179. The molecule has 0 radical (unpaired) electrons. The zero-order valence-electron chi connectivity index (χ0n) is 22.2. The molecule has 0 nitrogen and oxygen atoms in total. The van der Waals surface area contributed by atoms with Crippen molar-refractivity contribution < 1.29 is 0 Å². The van der Waals surface area contributed by atoms with Gasteiger partial charge in [-0.05, 0) is 116 Å². The molecule has 188 valence electrons. The Kier molecular flexibility index (Phi) is 5.40. The molecule has 2 unspecified atom stereocenters. The third kappa shape index (κ3) is 3.73. The maximum Gasteiger partial charge on any atom is -0.00578 e. The lowest BCUT2D eigenvalue weighted by molar-refractivity contribution is 0.383. The van der Waals surface area contributed by atoms with Gasteiger partial charge in [0.1, 0.15) is 0 Å². The summed E-state index contributed by atoms with van der Waals surface area (Å²) in [6.07, 6.45) is 6.36. The predicted molar refractivity (Wildman–Crippen MR) is 166 cm³/mol. The van der Waals surface area contributed by atoms with Crippen molar-refractivity contribution in [2.45, 2.75) is 32.1 Å². The fourth-order valence-corrected chi connectivity index (χ4v) is 7.70. The highest BCUT2D eigenvalue weighted by Gasteiger charge is 2.34. The summed E-state index contributed by atoms with van der Waals surface area (Å²) >= 11 is 0. The van der Waals surface area contributed by atoms with Crippen LogP contribution in [-0.2, 0) is 12.8 Å². The number of hydrogen-bond donors (Lipinski definition) is 0. The summed E-state index contributed by atoms with van der Waals surface area (Å²) in [5, 5.41) is 5.44. The monoisotopic (exact) mass is 500 g/mol. The van der Waals surface area contributed by atoms with Crippen molar-refractivity contribution in [3.05, 3.63) is 132 Å². The molecule has 0 heteroatoms. The van der Waals surface area contributed by atoms with Crippen LogP contribution in [-0.4, -0.2) is 0 Å². The summed E-state index contributed by atoms with van der Waals surface area (Å²) in [4.78, 5) is 0. The van der Waals surface area contributed by atoms with Gasteiger partial charge in [-0.2, -0.15) is 0 Å². The average Bonchev–Trinajstić information content (AvgIpc) is 3.42. The molecule has 0 aliphatic heterocycles. The largest absolute Gasteiger partial charge is 0.0622 e. The molecule has 2 aliphatic carbocycles. The van der Waals surface area contributed by atoms with Crippen molar-refractivity contribution in [2.75, 3.05) is 0 Å². The maximum absolute atomic E-state index is 2.47. The second-order valence-electron chi connectivity index (χ2n) is 11.6. The zero-order chi connectivity index (χ0) is 25.8. The summed E-state index contributed by atoms with van der Waals surface area (Å²) in [6, 6.07) is 45.4. The Morgan fingerprint density at radius 2 is 0.846 bits per heavy atom. The van der Waals surface area contributed by atoms with Crippen LogP contribution in [0.5, 0.6) is 0 Å². The molecule has 0 saturated heterocycles. The Morgan fingerprint density at radius 3 is 1.31 bits per heavy atom. The second-order valence-corrected chi connectivity index (χ2v) is 11.6. The first kappa shape index (κ1) is 22.8. The van der Waals surface area contributed by atoms with Crippen LogP contribution in [0.3, 0.4) is 0 Å². The fourth-order valence-electron chi connectivity index (χ4n) is 7.70. The van der Waals surface area contributed by atoms with E-state index in [1.54, 1.807) is 11.1 Å². The molecule has 1 fully saturated rings. The van der Waals surface area contributed by atoms with E-state index in [9.17, 15) is 0 Å². The van der Waals surface area contributed by atoms with Crippen LogP contribution in [0.2, 0.25) is 0 Å². The van der Waals surface area contributed by atoms with E-state index in [2.05, 4.69) is 121 Å². The SMILES string of the molecule is c1ccc(-c2cc3ccccc3c3c2CC2CCCC2Cc2c(-c4ccccc4)cc4ccccc4c2-3)cc1. The van der Waals surface area contributed by atoms with Crippen LogP contribution in [0.4, 0.5) is 0 Å². The van der Waals surface area contributed by atoms with Gasteiger partial charge in [0.2, 0.25) is 0 Å². The minimum absolute atomic E-state index is 0.732. The number of benzene rings is 6. The lowest BCUT2D eigenvalue weighted by Gasteiger charge is -2.31. The summed E-state index contributed by atoms with van der Waals surface area (Å²) in [5.74, 6) is 1.46. The molecule has 1 saturated carbocycles. The molecule has 2 aliphatic rings. The minimum Gasteiger partial charge on any atom is -0.0622 e.